The van der Waals surface area contributed by atoms with E-state index in [2.05, 4.69) is 28.7 Å². The molecule has 0 heterocycles. The first kappa shape index (κ1) is 15.3. The maximum atomic E-state index is 11.7. The van der Waals surface area contributed by atoms with Gasteiger partial charge in [0.1, 0.15) is 5.75 Å². The van der Waals surface area contributed by atoms with Crippen LogP contribution in [0.3, 0.4) is 0 Å². The Morgan fingerprint density at radius 2 is 2.10 bits per heavy atom. The zero-order chi connectivity index (χ0) is 15.1. The highest BCUT2D eigenvalue weighted by atomic mass is 16.5. The summed E-state index contributed by atoms with van der Waals surface area (Å²) >= 11 is 0. The average molecular weight is 286 g/mol. The van der Waals surface area contributed by atoms with E-state index in [1.54, 1.807) is 0 Å². The molecule has 1 aromatic rings. The highest BCUT2D eigenvalue weighted by Crippen LogP contribution is 2.16. The van der Waals surface area contributed by atoms with Gasteiger partial charge in [-0.2, -0.15) is 5.10 Å². The highest BCUT2D eigenvalue weighted by Gasteiger charge is 2.07. The quantitative estimate of drug-likeness (QED) is 0.513. The number of ether oxygens (including phenoxy) is 1. The molecule has 112 valence electrons. The third-order valence-electron chi connectivity index (χ3n) is 3.35. The molecule has 0 unspecified atom stereocenters. The molecule has 1 atom stereocenters. The van der Waals surface area contributed by atoms with E-state index in [1.807, 2.05) is 32.2 Å². The van der Waals surface area contributed by atoms with E-state index in [1.165, 1.54) is 0 Å². The molecule has 1 amide bonds. The van der Waals surface area contributed by atoms with Gasteiger partial charge < -0.3 is 4.74 Å². The molecule has 0 aliphatic heterocycles. The van der Waals surface area contributed by atoms with Gasteiger partial charge in [0, 0.05) is 6.21 Å². The first-order valence-corrected chi connectivity index (χ1v) is 7.31. The van der Waals surface area contributed by atoms with Crippen molar-refractivity contribution in [1.82, 2.24) is 5.43 Å². The fourth-order valence-electron chi connectivity index (χ4n) is 2.36. The van der Waals surface area contributed by atoms with E-state index >= 15 is 0 Å². The predicted molar refractivity (Wildman–Crippen MR) is 84.5 cm³/mol. The maximum absolute atomic E-state index is 11.7. The molecule has 2 rings (SSSR count). The SMILES string of the molecule is Cc1cc(C)cc(OCC(=O)N/N=C\[C@H]2CC=CCC2)c1. The smallest absolute Gasteiger partial charge is 0.277 e. The van der Waals surface area contributed by atoms with Crippen LogP contribution in [0.1, 0.15) is 30.4 Å². The van der Waals surface area contributed by atoms with Crippen LogP contribution in [0.4, 0.5) is 0 Å². The number of nitrogens with zero attached hydrogens (tertiary/aromatic N) is 1. The van der Waals surface area contributed by atoms with Crippen LogP contribution in [0.25, 0.3) is 0 Å². The third-order valence-corrected chi connectivity index (χ3v) is 3.35. The molecular formula is C17H22N2O2. The van der Waals surface area contributed by atoms with E-state index in [-0.39, 0.29) is 12.5 Å². The molecule has 0 saturated heterocycles. The minimum absolute atomic E-state index is 0.0230. The number of rotatable bonds is 5. The van der Waals surface area contributed by atoms with Crippen molar-refractivity contribution in [1.29, 1.82) is 0 Å². The molecule has 0 radical (unpaired) electrons. The van der Waals surface area contributed by atoms with Crippen LogP contribution in [0, 0.1) is 19.8 Å². The van der Waals surface area contributed by atoms with Gasteiger partial charge in [0.15, 0.2) is 6.61 Å². The van der Waals surface area contributed by atoms with Crippen molar-refractivity contribution >= 4 is 12.1 Å². The number of allylic oxidation sites excluding steroid dienone is 2. The van der Waals surface area contributed by atoms with Crippen LogP contribution in [0.5, 0.6) is 5.75 Å². The van der Waals surface area contributed by atoms with Crippen molar-refractivity contribution in [3.05, 3.63) is 41.5 Å². The fourth-order valence-corrected chi connectivity index (χ4v) is 2.36. The summed E-state index contributed by atoms with van der Waals surface area (Å²) in [5.74, 6) is 0.899. The van der Waals surface area contributed by atoms with Crippen molar-refractivity contribution in [3.63, 3.8) is 0 Å². The summed E-state index contributed by atoms with van der Waals surface area (Å²) in [6.45, 7) is 3.98. The zero-order valence-corrected chi connectivity index (χ0v) is 12.6. The molecular weight excluding hydrogens is 264 g/mol. The molecule has 1 aromatic carbocycles. The first-order chi connectivity index (χ1) is 10.1. The lowest BCUT2D eigenvalue weighted by molar-refractivity contribution is -0.123. The number of aryl methyl sites for hydroxylation is 2. The molecule has 0 spiro atoms. The number of hydrogen-bond acceptors (Lipinski definition) is 3. The van der Waals surface area contributed by atoms with Gasteiger partial charge in [0.05, 0.1) is 0 Å². The second kappa shape index (κ2) is 7.62. The van der Waals surface area contributed by atoms with Gasteiger partial charge in [-0.1, -0.05) is 18.2 Å². The summed E-state index contributed by atoms with van der Waals surface area (Å²) in [4.78, 5) is 11.7. The van der Waals surface area contributed by atoms with Crippen LogP contribution in [0.2, 0.25) is 0 Å². The molecule has 1 aliphatic carbocycles. The van der Waals surface area contributed by atoms with E-state index in [0.717, 1.165) is 30.4 Å². The van der Waals surface area contributed by atoms with E-state index in [4.69, 9.17) is 4.74 Å². The van der Waals surface area contributed by atoms with Crippen LogP contribution < -0.4 is 10.2 Å². The van der Waals surface area contributed by atoms with Gasteiger partial charge in [-0.15, -0.1) is 0 Å². The van der Waals surface area contributed by atoms with E-state index in [9.17, 15) is 4.79 Å². The monoisotopic (exact) mass is 286 g/mol. The lowest BCUT2D eigenvalue weighted by Crippen LogP contribution is -2.25. The van der Waals surface area contributed by atoms with Crippen LogP contribution in [-0.2, 0) is 4.79 Å². The molecule has 4 heteroatoms. The molecule has 0 saturated carbocycles. The molecule has 21 heavy (non-hydrogen) atoms. The maximum Gasteiger partial charge on any atom is 0.277 e. The summed E-state index contributed by atoms with van der Waals surface area (Å²) in [6, 6.07) is 5.89. The van der Waals surface area contributed by atoms with Crippen molar-refractivity contribution in [2.75, 3.05) is 6.61 Å². The minimum Gasteiger partial charge on any atom is -0.484 e. The Morgan fingerprint density at radius 1 is 1.33 bits per heavy atom. The molecule has 1 aliphatic rings. The summed E-state index contributed by atoms with van der Waals surface area (Å²) in [6.07, 6.45) is 9.33. The van der Waals surface area contributed by atoms with Gasteiger partial charge in [0.25, 0.3) is 5.91 Å². The molecule has 0 aromatic heterocycles. The number of amides is 1. The van der Waals surface area contributed by atoms with Crippen LogP contribution in [-0.4, -0.2) is 18.7 Å². The number of benzene rings is 1. The Kier molecular flexibility index (Phi) is 5.55. The van der Waals surface area contributed by atoms with Crippen molar-refractivity contribution in [2.45, 2.75) is 33.1 Å². The predicted octanol–water partition coefficient (Wildman–Crippen LogP) is 3.14. The van der Waals surface area contributed by atoms with Crippen molar-refractivity contribution < 1.29 is 9.53 Å². The Labute approximate surface area is 125 Å². The zero-order valence-electron chi connectivity index (χ0n) is 12.6. The highest BCUT2D eigenvalue weighted by molar-refractivity contribution is 5.78. The topological polar surface area (TPSA) is 50.7 Å². The van der Waals surface area contributed by atoms with Gasteiger partial charge in [-0.05, 0) is 62.3 Å². The number of nitrogens with one attached hydrogen (secondary N) is 1. The average Bonchev–Trinajstić information content (AvgIpc) is 2.45. The largest absolute Gasteiger partial charge is 0.484 e. The molecule has 1 N–H and O–H groups in total. The second-order valence-corrected chi connectivity index (χ2v) is 5.47. The van der Waals surface area contributed by atoms with Gasteiger partial charge in [0.2, 0.25) is 0 Å². The Bertz CT molecular complexity index is 529. The summed E-state index contributed by atoms with van der Waals surface area (Å²) in [5.41, 5.74) is 4.75. The van der Waals surface area contributed by atoms with Gasteiger partial charge in [-0.25, -0.2) is 5.43 Å². The number of carbonyl (C=O) groups is 1. The molecule has 0 bridgehead atoms. The van der Waals surface area contributed by atoms with Crippen molar-refractivity contribution in [3.8, 4) is 5.75 Å². The van der Waals surface area contributed by atoms with Gasteiger partial charge in [-0.3, -0.25) is 4.79 Å². The molecule has 0 fully saturated rings. The number of hydrazone groups is 1. The Morgan fingerprint density at radius 3 is 2.76 bits per heavy atom. The third kappa shape index (κ3) is 5.42. The molecule has 4 nitrogen and oxygen atoms in total. The first-order valence-electron chi connectivity index (χ1n) is 7.31. The lowest BCUT2D eigenvalue weighted by atomic mass is 9.96. The van der Waals surface area contributed by atoms with Crippen LogP contribution >= 0.6 is 0 Å². The van der Waals surface area contributed by atoms with Crippen LogP contribution in [0.15, 0.2) is 35.5 Å². The van der Waals surface area contributed by atoms with E-state index in [0.29, 0.717) is 11.7 Å². The Hall–Kier alpha value is -2.10. The summed E-state index contributed by atoms with van der Waals surface area (Å²) in [7, 11) is 0. The Balaban J connectivity index is 1.74. The summed E-state index contributed by atoms with van der Waals surface area (Å²) < 4.78 is 5.47. The minimum atomic E-state index is -0.239. The normalized spacial score (nSPS) is 17.9. The standard InChI is InChI=1S/C17H22N2O2/c1-13-8-14(2)10-16(9-13)21-12-17(20)19-18-11-15-6-4-3-5-7-15/h3-4,8-11,15H,5-7,12H2,1-2H3,(H,19,20)/b18-11-/t15-/m0/s1. The van der Waals surface area contributed by atoms with E-state index < -0.39 is 0 Å². The number of hydrogen-bond donors (Lipinski definition) is 1. The van der Waals surface area contributed by atoms with Gasteiger partial charge >= 0.3 is 0 Å². The van der Waals surface area contributed by atoms with Crippen molar-refractivity contribution in [2.24, 2.45) is 11.0 Å². The summed E-state index contributed by atoms with van der Waals surface area (Å²) in [5, 5.41) is 4.00. The fraction of sp³-hybridized carbons (Fsp3) is 0.412. The number of carbonyl (C=O) groups excluding carboxylic acids is 1. The lowest BCUT2D eigenvalue weighted by Gasteiger charge is -2.12. The second-order valence-electron chi connectivity index (χ2n) is 5.47.